The minimum absolute atomic E-state index is 0.556. The van der Waals surface area contributed by atoms with Crippen LogP contribution in [0.15, 0.2) is 6.33 Å². The van der Waals surface area contributed by atoms with Crippen molar-refractivity contribution >= 4 is 5.82 Å². The monoisotopic (exact) mass is 222 g/mol. The Morgan fingerprint density at radius 1 is 1.56 bits per heavy atom. The molecule has 0 amide bonds. The molecule has 2 rings (SSSR count). The number of hydrogen-bond donors (Lipinski definition) is 2. The molecule has 2 N–H and O–H groups in total. The van der Waals surface area contributed by atoms with Crippen molar-refractivity contribution in [2.75, 3.05) is 25.5 Å². The summed E-state index contributed by atoms with van der Waals surface area (Å²) in [7, 11) is 1.62. The van der Waals surface area contributed by atoms with Gasteiger partial charge < -0.3 is 15.4 Å². The van der Waals surface area contributed by atoms with Gasteiger partial charge in [-0.25, -0.2) is 9.97 Å². The van der Waals surface area contributed by atoms with Crippen molar-refractivity contribution in [2.24, 2.45) is 0 Å². The molecule has 1 atom stereocenters. The Kier molecular flexibility index (Phi) is 3.56. The Morgan fingerprint density at radius 3 is 3.12 bits per heavy atom. The van der Waals surface area contributed by atoms with E-state index in [-0.39, 0.29) is 0 Å². The molecule has 1 aromatic heterocycles. The second-order valence-electron chi connectivity index (χ2n) is 4.03. The van der Waals surface area contributed by atoms with Crippen molar-refractivity contribution < 1.29 is 4.74 Å². The van der Waals surface area contributed by atoms with Gasteiger partial charge >= 0.3 is 0 Å². The number of nitrogens with zero attached hydrogens (tertiary/aromatic N) is 2. The summed E-state index contributed by atoms with van der Waals surface area (Å²) in [6.45, 7) is 3.99. The number of aromatic nitrogens is 2. The summed E-state index contributed by atoms with van der Waals surface area (Å²) in [6.07, 6.45) is 4.02. The Balaban J connectivity index is 1.97. The van der Waals surface area contributed by atoms with Gasteiger partial charge in [0.25, 0.3) is 0 Å². The second kappa shape index (κ2) is 5.12. The van der Waals surface area contributed by atoms with Crippen molar-refractivity contribution in [3.63, 3.8) is 0 Å². The summed E-state index contributed by atoms with van der Waals surface area (Å²) >= 11 is 0. The molecule has 1 aliphatic heterocycles. The fourth-order valence-corrected chi connectivity index (χ4v) is 1.97. The topological polar surface area (TPSA) is 59.1 Å². The Bertz CT molecular complexity index is 350. The molecule has 2 heterocycles. The summed E-state index contributed by atoms with van der Waals surface area (Å²) in [4.78, 5) is 8.27. The van der Waals surface area contributed by atoms with Gasteiger partial charge in [0.15, 0.2) is 0 Å². The number of nitrogens with one attached hydrogen (secondary N) is 2. The maximum atomic E-state index is 5.15. The zero-order valence-electron chi connectivity index (χ0n) is 9.79. The fraction of sp³-hybridized carbons (Fsp3) is 0.636. The first kappa shape index (κ1) is 11.1. The van der Waals surface area contributed by atoms with Gasteiger partial charge in [0, 0.05) is 12.6 Å². The highest BCUT2D eigenvalue weighted by Gasteiger charge is 2.14. The van der Waals surface area contributed by atoms with Gasteiger partial charge in [0.05, 0.1) is 12.7 Å². The van der Waals surface area contributed by atoms with Gasteiger partial charge in [-0.1, -0.05) is 0 Å². The highest BCUT2D eigenvalue weighted by atomic mass is 16.5. The molecule has 0 aliphatic carbocycles. The van der Waals surface area contributed by atoms with E-state index >= 15 is 0 Å². The first-order chi connectivity index (χ1) is 7.81. The molecule has 1 aliphatic rings. The van der Waals surface area contributed by atoms with E-state index in [0.717, 1.165) is 24.5 Å². The summed E-state index contributed by atoms with van der Waals surface area (Å²) in [5.41, 5.74) is 0.961. The SMILES string of the molecule is COc1ncnc(NCC2CCCN2)c1C. The maximum Gasteiger partial charge on any atom is 0.221 e. The van der Waals surface area contributed by atoms with Crippen LogP contribution in [0.2, 0.25) is 0 Å². The third kappa shape index (κ3) is 2.41. The molecule has 0 radical (unpaired) electrons. The van der Waals surface area contributed by atoms with Crippen LogP contribution in [0.4, 0.5) is 5.82 Å². The Labute approximate surface area is 95.6 Å². The third-order valence-electron chi connectivity index (χ3n) is 2.91. The van der Waals surface area contributed by atoms with Crippen LogP contribution in [0.1, 0.15) is 18.4 Å². The average molecular weight is 222 g/mol. The minimum Gasteiger partial charge on any atom is -0.481 e. The van der Waals surface area contributed by atoms with Crippen LogP contribution in [0.3, 0.4) is 0 Å². The third-order valence-corrected chi connectivity index (χ3v) is 2.91. The molecule has 88 valence electrons. The van der Waals surface area contributed by atoms with Crippen molar-refractivity contribution in [3.8, 4) is 5.88 Å². The van der Waals surface area contributed by atoms with E-state index in [1.165, 1.54) is 19.2 Å². The van der Waals surface area contributed by atoms with E-state index in [9.17, 15) is 0 Å². The van der Waals surface area contributed by atoms with E-state index < -0.39 is 0 Å². The van der Waals surface area contributed by atoms with Crippen LogP contribution in [0, 0.1) is 6.92 Å². The highest BCUT2D eigenvalue weighted by Crippen LogP contribution is 2.19. The molecule has 5 heteroatoms. The van der Waals surface area contributed by atoms with Crippen molar-refractivity contribution in [2.45, 2.75) is 25.8 Å². The number of rotatable bonds is 4. The van der Waals surface area contributed by atoms with Crippen molar-refractivity contribution in [1.29, 1.82) is 0 Å². The molecule has 5 nitrogen and oxygen atoms in total. The van der Waals surface area contributed by atoms with Crippen molar-refractivity contribution in [1.82, 2.24) is 15.3 Å². The lowest BCUT2D eigenvalue weighted by Crippen LogP contribution is -2.29. The predicted molar refractivity (Wildman–Crippen MR) is 62.8 cm³/mol. The molecule has 0 spiro atoms. The van der Waals surface area contributed by atoms with Gasteiger partial charge in [0.2, 0.25) is 5.88 Å². The van der Waals surface area contributed by atoms with Crippen LogP contribution in [0.25, 0.3) is 0 Å². The summed E-state index contributed by atoms with van der Waals surface area (Å²) in [5.74, 6) is 1.50. The molecular formula is C11H18N4O. The molecule has 0 saturated carbocycles. The van der Waals surface area contributed by atoms with Crippen LogP contribution in [0.5, 0.6) is 5.88 Å². The van der Waals surface area contributed by atoms with Gasteiger partial charge in [-0.05, 0) is 26.3 Å². The Morgan fingerprint density at radius 2 is 2.44 bits per heavy atom. The van der Waals surface area contributed by atoms with E-state index in [1.807, 2.05) is 6.92 Å². The first-order valence-corrected chi connectivity index (χ1v) is 5.64. The van der Waals surface area contributed by atoms with Crippen LogP contribution in [-0.2, 0) is 0 Å². The second-order valence-corrected chi connectivity index (χ2v) is 4.03. The molecule has 0 aromatic carbocycles. The van der Waals surface area contributed by atoms with E-state index in [1.54, 1.807) is 7.11 Å². The van der Waals surface area contributed by atoms with Gasteiger partial charge in [-0.2, -0.15) is 0 Å². The smallest absolute Gasteiger partial charge is 0.221 e. The lowest BCUT2D eigenvalue weighted by atomic mass is 10.2. The fourth-order valence-electron chi connectivity index (χ4n) is 1.97. The molecular weight excluding hydrogens is 204 g/mol. The highest BCUT2D eigenvalue weighted by molar-refractivity contribution is 5.47. The number of ether oxygens (including phenoxy) is 1. The molecule has 1 unspecified atom stereocenters. The molecule has 0 bridgehead atoms. The first-order valence-electron chi connectivity index (χ1n) is 5.64. The molecule has 1 saturated heterocycles. The van der Waals surface area contributed by atoms with Gasteiger partial charge in [-0.15, -0.1) is 0 Å². The van der Waals surface area contributed by atoms with Crippen LogP contribution in [-0.4, -0.2) is 36.2 Å². The van der Waals surface area contributed by atoms with E-state index in [0.29, 0.717) is 11.9 Å². The lowest BCUT2D eigenvalue weighted by molar-refractivity contribution is 0.393. The summed E-state index contributed by atoms with van der Waals surface area (Å²) < 4.78 is 5.15. The largest absolute Gasteiger partial charge is 0.481 e. The average Bonchev–Trinajstić information content (AvgIpc) is 2.81. The molecule has 16 heavy (non-hydrogen) atoms. The lowest BCUT2D eigenvalue weighted by Gasteiger charge is -2.14. The minimum atomic E-state index is 0.556. The Hall–Kier alpha value is -1.36. The maximum absolute atomic E-state index is 5.15. The standard InChI is InChI=1S/C11H18N4O/c1-8-10(14-7-15-11(8)16-2)13-6-9-4-3-5-12-9/h7,9,12H,3-6H2,1-2H3,(H,13,14,15). The molecule has 1 fully saturated rings. The van der Waals surface area contributed by atoms with Crippen molar-refractivity contribution in [3.05, 3.63) is 11.9 Å². The van der Waals surface area contributed by atoms with Crippen LogP contribution < -0.4 is 15.4 Å². The zero-order chi connectivity index (χ0) is 11.4. The van der Waals surface area contributed by atoms with E-state index in [2.05, 4.69) is 20.6 Å². The number of anilines is 1. The van der Waals surface area contributed by atoms with Gasteiger partial charge in [-0.3, -0.25) is 0 Å². The van der Waals surface area contributed by atoms with Gasteiger partial charge in [0.1, 0.15) is 12.1 Å². The summed E-state index contributed by atoms with van der Waals surface area (Å²) in [6, 6.07) is 0.556. The zero-order valence-corrected chi connectivity index (χ0v) is 9.79. The normalized spacial score (nSPS) is 19.8. The summed E-state index contributed by atoms with van der Waals surface area (Å²) in [5, 5.41) is 6.77. The molecule has 1 aromatic rings. The predicted octanol–water partition coefficient (Wildman–Crippen LogP) is 0.958. The number of hydrogen-bond acceptors (Lipinski definition) is 5. The quantitative estimate of drug-likeness (QED) is 0.794. The number of methoxy groups -OCH3 is 1. The van der Waals surface area contributed by atoms with E-state index in [4.69, 9.17) is 4.74 Å². The van der Waals surface area contributed by atoms with Crippen LogP contribution >= 0.6 is 0 Å².